The molecule has 0 aliphatic carbocycles. The molecule has 4 nitrogen and oxygen atoms in total. The van der Waals surface area contributed by atoms with E-state index in [9.17, 15) is 4.21 Å². The van der Waals surface area contributed by atoms with Gasteiger partial charge in [0.1, 0.15) is 0 Å². The van der Waals surface area contributed by atoms with Crippen molar-refractivity contribution in [2.24, 2.45) is 0 Å². The summed E-state index contributed by atoms with van der Waals surface area (Å²) in [5.74, 6) is 1.47. The fraction of sp³-hybridized carbons (Fsp3) is 0.500. The molecule has 1 unspecified atom stereocenters. The van der Waals surface area contributed by atoms with Gasteiger partial charge in [-0.1, -0.05) is 6.08 Å². The molecule has 15 heavy (non-hydrogen) atoms. The van der Waals surface area contributed by atoms with E-state index in [2.05, 4.69) is 16.9 Å². The third-order valence-electron chi connectivity index (χ3n) is 1.92. The molecule has 0 aliphatic rings. The van der Waals surface area contributed by atoms with Gasteiger partial charge in [-0.3, -0.25) is 4.21 Å². The highest BCUT2D eigenvalue weighted by Gasteiger charge is 2.04. The molecule has 84 valence electrons. The number of hydrogen-bond acceptors (Lipinski definition) is 3. The molecule has 1 heterocycles. The maximum atomic E-state index is 11.0. The lowest BCUT2D eigenvalue weighted by atomic mass is 10.6. The Hall–Kier alpha value is -1.10. The van der Waals surface area contributed by atoms with Gasteiger partial charge in [0.25, 0.3) is 0 Å². The van der Waals surface area contributed by atoms with Crippen molar-refractivity contribution in [3.8, 4) is 0 Å². The average molecular weight is 227 g/mol. The third-order valence-corrected chi connectivity index (χ3v) is 2.68. The summed E-state index contributed by atoms with van der Waals surface area (Å²) < 4.78 is 13.0. The minimum absolute atomic E-state index is 0.651. The number of rotatable bonds is 6. The Morgan fingerprint density at radius 2 is 2.47 bits per heavy atom. The Morgan fingerprint density at radius 1 is 1.73 bits per heavy atom. The first-order valence-corrected chi connectivity index (χ1v) is 6.54. The lowest BCUT2D eigenvalue weighted by molar-refractivity contribution is 0.678. The van der Waals surface area contributed by atoms with Crippen molar-refractivity contribution in [2.45, 2.75) is 13.5 Å². The van der Waals surface area contributed by atoms with Gasteiger partial charge < -0.3 is 9.88 Å². The molecule has 0 fully saturated rings. The van der Waals surface area contributed by atoms with Gasteiger partial charge in [0.2, 0.25) is 5.95 Å². The molecule has 0 radical (unpaired) electrons. The van der Waals surface area contributed by atoms with Crippen LogP contribution in [0.15, 0.2) is 18.9 Å². The van der Waals surface area contributed by atoms with Crippen molar-refractivity contribution >= 4 is 16.7 Å². The second-order valence-corrected chi connectivity index (χ2v) is 4.90. The van der Waals surface area contributed by atoms with Crippen LogP contribution in [0, 0.1) is 6.92 Å². The van der Waals surface area contributed by atoms with E-state index in [1.807, 2.05) is 17.7 Å². The molecule has 5 heteroatoms. The van der Waals surface area contributed by atoms with Crippen molar-refractivity contribution in [1.82, 2.24) is 9.55 Å². The molecular weight excluding hydrogens is 210 g/mol. The SMILES string of the molecule is C=CCNc1nc(C)cn1CCS(C)=O. The standard InChI is InChI=1S/C10H17N3OS/c1-4-5-11-10-12-9(2)8-13(10)6-7-15(3)14/h4,8H,1,5-7H2,2-3H3,(H,11,12). The molecule has 0 spiro atoms. The van der Waals surface area contributed by atoms with Crippen LogP contribution in [0.25, 0.3) is 0 Å². The van der Waals surface area contributed by atoms with Crippen LogP contribution >= 0.6 is 0 Å². The molecule has 0 saturated carbocycles. The topological polar surface area (TPSA) is 46.9 Å². The van der Waals surface area contributed by atoms with Crippen molar-refractivity contribution in [3.05, 3.63) is 24.5 Å². The van der Waals surface area contributed by atoms with E-state index in [4.69, 9.17) is 0 Å². The normalized spacial score (nSPS) is 12.4. The summed E-state index contributed by atoms with van der Waals surface area (Å²) in [7, 11) is -0.767. The summed E-state index contributed by atoms with van der Waals surface area (Å²) in [6.07, 6.45) is 5.45. The van der Waals surface area contributed by atoms with Gasteiger partial charge in [-0.05, 0) is 6.92 Å². The fourth-order valence-electron chi connectivity index (χ4n) is 1.25. The molecule has 1 atom stereocenters. The van der Waals surface area contributed by atoms with E-state index in [1.165, 1.54) is 0 Å². The zero-order chi connectivity index (χ0) is 11.3. The van der Waals surface area contributed by atoms with E-state index in [1.54, 1.807) is 12.3 Å². The first-order valence-electron chi connectivity index (χ1n) is 4.82. The number of nitrogens with one attached hydrogen (secondary N) is 1. The highest BCUT2D eigenvalue weighted by Crippen LogP contribution is 2.07. The summed E-state index contributed by atoms with van der Waals surface area (Å²) in [6.45, 7) is 6.99. The Balaban J connectivity index is 2.67. The number of aryl methyl sites for hydroxylation is 2. The highest BCUT2D eigenvalue weighted by molar-refractivity contribution is 7.84. The molecule has 1 aromatic rings. The molecule has 0 aliphatic heterocycles. The number of nitrogens with zero attached hydrogens (tertiary/aromatic N) is 2. The first-order chi connectivity index (χ1) is 7.13. The molecule has 1 N–H and O–H groups in total. The van der Waals surface area contributed by atoms with Crippen LogP contribution in [0.1, 0.15) is 5.69 Å². The number of imidazole rings is 1. The van der Waals surface area contributed by atoms with Crippen LogP contribution in [0.4, 0.5) is 5.95 Å². The maximum absolute atomic E-state index is 11.0. The Bertz CT molecular complexity index is 360. The predicted octanol–water partition coefficient (Wildman–Crippen LogP) is 1.17. The number of hydrogen-bond donors (Lipinski definition) is 1. The van der Waals surface area contributed by atoms with Gasteiger partial charge in [0.05, 0.1) is 5.69 Å². The van der Waals surface area contributed by atoms with Crippen molar-refractivity contribution < 1.29 is 4.21 Å². The second-order valence-electron chi connectivity index (χ2n) is 3.35. The van der Waals surface area contributed by atoms with Crippen LogP contribution < -0.4 is 5.32 Å². The van der Waals surface area contributed by atoms with E-state index < -0.39 is 10.8 Å². The summed E-state index contributed by atoms with van der Waals surface area (Å²) in [5, 5.41) is 3.14. The van der Waals surface area contributed by atoms with Crippen LogP contribution in [0.5, 0.6) is 0 Å². The molecule has 1 rings (SSSR count). The molecule has 0 aromatic carbocycles. The summed E-state index contributed by atoms with van der Waals surface area (Å²) >= 11 is 0. The van der Waals surface area contributed by atoms with Crippen molar-refractivity contribution in [2.75, 3.05) is 23.9 Å². The van der Waals surface area contributed by atoms with Gasteiger partial charge >= 0.3 is 0 Å². The lowest BCUT2D eigenvalue weighted by Gasteiger charge is -2.06. The lowest BCUT2D eigenvalue weighted by Crippen LogP contribution is -2.10. The van der Waals surface area contributed by atoms with Gasteiger partial charge in [-0.2, -0.15) is 0 Å². The van der Waals surface area contributed by atoms with Crippen molar-refractivity contribution in [3.63, 3.8) is 0 Å². The van der Waals surface area contributed by atoms with Gasteiger partial charge in [-0.15, -0.1) is 6.58 Å². The number of aromatic nitrogens is 2. The smallest absolute Gasteiger partial charge is 0.203 e. The van der Waals surface area contributed by atoms with E-state index in [0.717, 1.165) is 18.2 Å². The van der Waals surface area contributed by atoms with E-state index in [0.29, 0.717) is 12.3 Å². The van der Waals surface area contributed by atoms with E-state index in [-0.39, 0.29) is 0 Å². The van der Waals surface area contributed by atoms with Crippen LogP contribution in [-0.2, 0) is 17.3 Å². The summed E-state index contributed by atoms with van der Waals surface area (Å²) in [5.41, 5.74) is 0.962. The minimum Gasteiger partial charge on any atom is -0.352 e. The Morgan fingerprint density at radius 3 is 3.07 bits per heavy atom. The monoisotopic (exact) mass is 227 g/mol. The zero-order valence-corrected chi connectivity index (χ0v) is 10.0. The predicted molar refractivity (Wildman–Crippen MR) is 64.6 cm³/mol. The zero-order valence-electron chi connectivity index (χ0n) is 9.19. The molecule has 1 aromatic heterocycles. The number of anilines is 1. The van der Waals surface area contributed by atoms with Crippen LogP contribution in [0.3, 0.4) is 0 Å². The Labute approximate surface area is 92.9 Å². The molecule has 0 amide bonds. The van der Waals surface area contributed by atoms with Crippen LogP contribution in [-0.4, -0.2) is 32.3 Å². The highest BCUT2D eigenvalue weighted by atomic mass is 32.2. The minimum atomic E-state index is -0.767. The third kappa shape index (κ3) is 3.87. The van der Waals surface area contributed by atoms with Gasteiger partial charge in [0, 0.05) is 42.1 Å². The van der Waals surface area contributed by atoms with Gasteiger partial charge in [0.15, 0.2) is 0 Å². The maximum Gasteiger partial charge on any atom is 0.203 e. The second kappa shape index (κ2) is 5.70. The average Bonchev–Trinajstić information content (AvgIpc) is 2.52. The Kier molecular flexibility index (Phi) is 4.55. The molecule has 0 saturated heterocycles. The quantitative estimate of drug-likeness (QED) is 0.742. The van der Waals surface area contributed by atoms with Crippen molar-refractivity contribution in [1.29, 1.82) is 0 Å². The van der Waals surface area contributed by atoms with Gasteiger partial charge in [-0.25, -0.2) is 4.98 Å². The fourth-order valence-corrected chi connectivity index (χ4v) is 1.70. The molecule has 0 bridgehead atoms. The molecular formula is C10H17N3OS. The largest absolute Gasteiger partial charge is 0.352 e. The summed E-state index contributed by atoms with van der Waals surface area (Å²) in [6, 6.07) is 0. The van der Waals surface area contributed by atoms with E-state index >= 15 is 0 Å². The van der Waals surface area contributed by atoms with Crippen LogP contribution in [0.2, 0.25) is 0 Å². The summed E-state index contributed by atoms with van der Waals surface area (Å²) in [4.78, 5) is 4.33. The first kappa shape index (κ1) is 12.0.